The SMILES string of the molecule is O=C(O)C1(c2cc(C3CC(OCc4ccccc4)CC(COCc4ccccc4)O3)ccc2Cl)CC1. The first-order valence-electron chi connectivity index (χ1n) is 12.5. The molecule has 1 saturated carbocycles. The minimum atomic E-state index is -0.872. The third kappa shape index (κ3) is 5.81. The molecule has 3 unspecified atom stereocenters. The van der Waals surface area contributed by atoms with E-state index in [1.54, 1.807) is 6.07 Å². The van der Waals surface area contributed by atoms with Crippen molar-refractivity contribution in [1.29, 1.82) is 0 Å². The van der Waals surface area contributed by atoms with E-state index in [0.717, 1.165) is 23.1 Å². The van der Waals surface area contributed by atoms with Gasteiger partial charge in [0.25, 0.3) is 0 Å². The lowest BCUT2D eigenvalue weighted by Gasteiger charge is -2.36. The maximum atomic E-state index is 12.0. The average molecular weight is 507 g/mol. The maximum absolute atomic E-state index is 12.0. The smallest absolute Gasteiger partial charge is 0.314 e. The summed E-state index contributed by atoms with van der Waals surface area (Å²) < 4.78 is 18.8. The summed E-state index contributed by atoms with van der Waals surface area (Å²) in [5.41, 5.74) is 2.99. The van der Waals surface area contributed by atoms with Crippen molar-refractivity contribution in [1.82, 2.24) is 0 Å². The van der Waals surface area contributed by atoms with Gasteiger partial charge in [0.15, 0.2) is 0 Å². The third-order valence-corrected chi connectivity index (χ3v) is 7.47. The zero-order valence-corrected chi connectivity index (χ0v) is 20.9. The van der Waals surface area contributed by atoms with Crippen LogP contribution < -0.4 is 0 Å². The Hall–Kier alpha value is -2.70. The Bertz CT molecular complexity index is 1160. The highest BCUT2D eigenvalue weighted by Crippen LogP contribution is 2.51. The fraction of sp³-hybridized carbons (Fsp3) is 0.367. The number of hydrogen-bond acceptors (Lipinski definition) is 4. The predicted molar refractivity (Wildman–Crippen MR) is 138 cm³/mol. The van der Waals surface area contributed by atoms with Crippen molar-refractivity contribution < 1.29 is 24.1 Å². The molecule has 3 atom stereocenters. The first-order valence-corrected chi connectivity index (χ1v) is 12.9. The summed E-state index contributed by atoms with van der Waals surface area (Å²) >= 11 is 6.46. The van der Waals surface area contributed by atoms with Gasteiger partial charge in [0.2, 0.25) is 0 Å². The van der Waals surface area contributed by atoms with Crippen molar-refractivity contribution >= 4 is 17.6 Å². The van der Waals surface area contributed by atoms with Crippen molar-refractivity contribution in [2.75, 3.05) is 6.61 Å². The normalized spacial score (nSPS) is 22.8. The van der Waals surface area contributed by atoms with Gasteiger partial charge in [0.1, 0.15) is 0 Å². The minimum absolute atomic E-state index is 0.0113. The van der Waals surface area contributed by atoms with E-state index in [0.29, 0.717) is 49.7 Å². The molecule has 1 aliphatic carbocycles. The third-order valence-electron chi connectivity index (χ3n) is 7.14. The molecule has 1 N–H and O–H groups in total. The van der Waals surface area contributed by atoms with E-state index in [-0.39, 0.29) is 18.3 Å². The van der Waals surface area contributed by atoms with Crippen molar-refractivity contribution in [2.45, 2.75) is 62.6 Å². The summed E-state index contributed by atoms with van der Waals surface area (Å²) in [6, 6.07) is 25.9. The van der Waals surface area contributed by atoms with Crippen LogP contribution in [-0.4, -0.2) is 29.9 Å². The molecule has 0 aromatic heterocycles. The van der Waals surface area contributed by atoms with Crippen molar-refractivity contribution in [3.8, 4) is 0 Å². The van der Waals surface area contributed by atoms with Gasteiger partial charge in [-0.25, -0.2) is 0 Å². The van der Waals surface area contributed by atoms with Gasteiger partial charge in [-0.1, -0.05) is 84.4 Å². The lowest BCUT2D eigenvalue weighted by Crippen LogP contribution is -2.36. The first-order chi connectivity index (χ1) is 17.5. The fourth-order valence-corrected chi connectivity index (χ4v) is 5.23. The molecule has 188 valence electrons. The van der Waals surface area contributed by atoms with Crippen LogP contribution in [0, 0.1) is 0 Å². The summed E-state index contributed by atoms with van der Waals surface area (Å²) in [5, 5.41) is 10.3. The van der Waals surface area contributed by atoms with Crippen LogP contribution in [-0.2, 0) is 37.6 Å². The molecular formula is C30H31ClO5. The summed E-state index contributed by atoms with van der Waals surface area (Å²) in [6.07, 6.45) is 2.25. The molecule has 3 aromatic carbocycles. The molecule has 5 rings (SSSR count). The number of aliphatic carboxylic acids is 1. The molecule has 1 saturated heterocycles. The minimum Gasteiger partial charge on any atom is -0.481 e. The zero-order valence-electron chi connectivity index (χ0n) is 20.1. The molecule has 5 nitrogen and oxygen atoms in total. The largest absolute Gasteiger partial charge is 0.481 e. The second kappa shape index (κ2) is 11.1. The van der Waals surface area contributed by atoms with Crippen LogP contribution in [0.15, 0.2) is 78.9 Å². The van der Waals surface area contributed by atoms with Gasteiger partial charge in [-0.2, -0.15) is 0 Å². The van der Waals surface area contributed by atoms with Crippen LogP contribution in [0.25, 0.3) is 0 Å². The first kappa shape index (κ1) is 25.0. The fourth-order valence-electron chi connectivity index (χ4n) is 4.93. The van der Waals surface area contributed by atoms with Crippen LogP contribution in [0.4, 0.5) is 0 Å². The van der Waals surface area contributed by atoms with E-state index in [9.17, 15) is 9.90 Å². The zero-order chi connectivity index (χ0) is 25.0. The Morgan fingerprint density at radius 3 is 2.25 bits per heavy atom. The van der Waals surface area contributed by atoms with Gasteiger partial charge in [0, 0.05) is 17.9 Å². The molecule has 36 heavy (non-hydrogen) atoms. The standard InChI is InChI=1S/C30H31ClO5/c31-27-12-11-23(15-26(27)30(13-14-30)29(32)33)28-17-24(35-19-22-9-5-2-6-10-22)16-25(36-28)20-34-18-21-7-3-1-4-8-21/h1-12,15,24-25,28H,13-14,16-20H2,(H,32,33). The highest BCUT2D eigenvalue weighted by atomic mass is 35.5. The monoisotopic (exact) mass is 506 g/mol. The topological polar surface area (TPSA) is 65.0 Å². The number of carboxylic acid groups (broad SMARTS) is 1. The summed E-state index contributed by atoms with van der Waals surface area (Å²) in [6.45, 7) is 1.51. The van der Waals surface area contributed by atoms with E-state index in [1.165, 1.54) is 0 Å². The highest BCUT2D eigenvalue weighted by Gasteiger charge is 2.53. The molecule has 0 spiro atoms. The summed E-state index contributed by atoms with van der Waals surface area (Å²) in [5.74, 6) is -0.817. The molecule has 1 aliphatic heterocycles. The second-order valence-corrected chi connectivity index (χ2v) is 10.2. The maximum Gasteiger partial charge on any atom is 0.314 e. The quantitative estimate of drug-likeness (QED) is 0.341. The van der Waals surface area contributed by atoms with Gasteiger partial charge in [-0.3, -0.25) is 4.79 Å². The molecule has 0 radical (unpaired) electrons. The highest BCUT2D eigenvalue weighted by molar-refractivity contribution is 6.31. The molecule has 1 heterocycles. The van der Waals surface area contributed by atoms with Gasteiger partial charge < -0.3 is 19.3 Å². The molecule has 2 fully saturated rings. The number of benzene rings is 3. The molecule has 2 aliphatic rings. The molecule has 0 bridgehead atoms. The number of halogens is 1. The Morgan fingerprint density at radius 1 is 0.944 bits per heavy atom. The number of rotatable bonds is 10. The predicted octanol–water partition coefficient (Wildman–Crippen LogP) is 6.48. The average Bonchev–Trinajstić information content (AvgIpc) is 3.71. The van der Waals surface area contributed by atoms with E-state index in [1.807, 2.05) is 60.7 Å². The Kier molecular flexibility index (Phi) is 7.73. The van der Waals surface area contributed by atoms with Crippen LogP contribution in [0.2, 0.25) is 5.02 Å². The van der Waals surface area contributed by atoms with Crippen molar-refractivity contribution in [3.05, 3.63) is 106 Å². The van der Waals surface area contributed by atoms with Gasteiger partial charge in [-0.15, -0.1) is 0 Å². The number of ether oxygens (including phenoxy) is 3. The lowest BCUT2D eigenvalue weighted by atomic mass is 9.90. The van der Waals surface area contributed by atoms with E-state index in [4.69, 9.17) is 25.8 Å². The molecule has 6 heteroatoms. The Labute approximate surface area is 217 Å². The molecule has 0 amide bonds. The van der Waals surface area contributed by atoms with Crippen molar-refractivity contribution in [3.63, 3.8) is 0 Å². The summed E-state index contributed by atoms with van der Waals surface area (Å²) in [4.78, 5) is 12.0. The lowest BCUT2D eigenvalue weighted by molar-refractivity contribution is -0.142. The van der Waals surface area contributed by atoms with Gasteiger partial charge in [-0.05, 0) is 41.2 Å². The van der Waals surface area contributed by atoms with Crippen LogP contribution in [0.3, 0.4) is 0 Å². The van der Waals surface area contributed by atoms with Crippen LogP contribution in [0.1, 0.15) is 54.0 Å². The number of hydrogen-bond donors (Lipinski definition) is 1. The van der Waals surface area contributed by atoms with Gasteiger partial charge in [0.05, 0.1) is 43.5 Å². The Morgan fingerprint density at radius 2 is 1.61 bits per heavy atom. The van der Waals surface area contributed by atoms with Crippen LogP contribution in [0.5, 0.6) is 0 Å². The van der Waals surface area contributed by atoms with Crippen molar-refractivity contribution in [2.24, 2.45) is 0 Å². The molecule has 3 aromatic rings. The van der Waals surface area contributed by atoms with E-state index >= 15 is 0 Å². The van der Waals surface area contributed by atoms with E-state index < -0.39 is 11.4 Å². The molecular weight excluding hydrogens is 476 g/mol. The summed E-state index contributed by atoms with van der Waals surface area (Å²) in [7, 11) is 0. The second-order valence-electron chi connectivity index (χ2n) is 9.76. The van der Waals surface area contributed by atoms with E-state index in [2.05, 4.69) is 12.1 Å². The Balaban J connectivity index is 1.31. The van der Waals surface area contributed by atoms with Gasteiger partial charge >= 0.3 is 5.97 Å². The number of carboxylic acids is 1. The van der Waals surface area contributed by atoms with Crippen LogP contribution >= 0.6 is 11.6 Å². The number of carbonyl (C=O) groups is 1.